The topological polar surface area (TPSA) is 83.2 Å². The molecule has 4 aromatic rings. The van der Waals surface area contributed by atoms with Crippen molar-refractivity contribution in [1.29, 1.82) is 0 Å². The summed E-state index contributed by atoms with van der Waals surface area (Å²) in [4.78, 5) is 16.9. The zero-order chi connectivity index (χ0) is 23.1. The van der Waals surface area contributed by atoms with Crippen molar-refractivity contribution in [2.45, 2.75) is 44.7 Å². The molecule has 0 fully saturated rings. The summed E-state index contributed by atoms with van der Waals surface area (Å²) < 4.78 is 35.7. The Kier molecular flexibility index (Phi) is 5.42. The molecule has 0 aliphatic carbocycles. The van der Waals surface area contributed by atoms with Gasteiger partial charge in [-0.25, -0.2) is 17.4 Å². The van der Waals surface area contributed by atoms with Crippen LogP contribution in [0, 0.1) is 6.92 Å². The van der Waals surface area contributed by atoms with Crippen LogP contribution in [0.25, 0.3) is 22.4 Å². The molecular weight excluding hydrogens is 426 g/mol. The van der Waals surface area contributed by atoms with E-state index in [1.807, 2.05) is 13.0 Å². The summed E-state index contributed by atoms with van der Waals surface area (Å²) in [6.07, 6.45) is 3.29. The molecule has 0 aliphatic heterocycles. The summed E-state index contributed by atoms with van der Waals surface area (Å²) in [5.74, 6) is -0.405. The number of aryl methyl sites for hydroxylation is 1. The number of aromatic nitrogens is 3. The van der Waals surface area contributed by atoms with Gasteiger partial charge < -0.3 is 9.30 Å². The largest absolute Gasteiger partial charge is 0.459 e. The van der Waals surface area contributed by atoms with Crippen LogP contribution in [-0.4, -0.2) is 33.5 Å². The lowest BCUT2D eigenvalue weighted by Crippen LogP contribution is -2.26. The molecule has 0 N–H and O–H groups in total. The first-order valence-electron chi connectivity index (χ1n) is 10.2. The fourth-order valence-electron chi connectivity index (χ4n) is 3.55. The highest BCUT2D eigenvalue weighted by molar-refractivity contribution is 7.90. The molecule has 0 aliphatic rings. The minimum absolute atomic E-state index is 0.0425. The summed E-state index contributed by atoms with van der Waals surface area (Å²) in [5, 5.41) is 0.684. The first kappa shape index (κ1) is 21.8. The van der Waals surface area contributed by atoms with Gasteiger partial charge in [-0.15, -0.1) is 0 Å². The normalized spacial score (nSPS) is 12.2. The maximum Gasteiger partial charge on any atom is 0.326 e. The van der Waals surface area contributed by atoms with Gasteiger partial charge in [0, 0.05) is 17.8 Å². The van der Waals surface area contributed by atoms with Crippen molar-refractivity contribution in [3.8, 4) is 11.4 Å². The van der Waals surface area contributed by atoms with Gasteiger partial charge in [-0.1, -0.05) is 17.7 Å². The number of carbonyl (C=O) groups is 1. The third-order valence-electron chi connectivity index (χ3n) is 4.89. The molecule has 4 rings (SSSR count). The second-order valence-electron chi connectivity index (χ2n) is 8.64. The average Bonchev–Trinajstić information content (AvgIpc) is 3.30. The van der Waals surface area contributed by atoms with Crippen LogP contribution < -0.4 is 0 Å². The Hall–Kier alpha value is -3.39. The fraction of sp³-hybridized carbons (Fsp3) is 0.250. The van der Waals surface area contributed by atoms with E-state index < -0.39 is 21.6 Å². The number of ether oxygens (including phenoxy) is 1. The number of rotatable bonds is 5. The summed E-state index contributed by atoms with van der Waals surface area (Å²) in [7, 11) is -3.95. The molecule has 0 amide bonds. The highest BCUT2D eigenvalue weighted by atomic mass is 32.2. The van der Waals surface area contributed by atoms with Crippen LogP contribution in [-0.2, 0) is 26.1 Å². The number of esters is 1. The van der Waals surface area contributed by atoms with E-state index >= 15 is 0 Å². The van der Waals surface area contributed by atoms with Crippen molar-refractivity contribution in [2.24, 2.45) is 0 Å². The number of hydrogen-bond donors (Lipinski definition) is 0. The third kappa shape index (κ3) is 4.18. The average molecular weight is 452 g/mol. The molecule has 0 bridgehead atoms. The zero-order valence-electron chi connectivity index (χ0n) is 18.4. The molecule has 166 valence electrons. The molecule has 0 saturated heterocycles. The van der Waals surface area contributed by atoms with E-state index in [2.05, 4.69) is 4.98 Å². The molecule has 3 aromatic heterocycles. The van der Waals surface area contributed by atoms with Gasteiger partial charge in [-0.3, -0.25) is 4.79 Å². The van der Waals surface area contributed by atoms with Crippen molar-refractivity contribution in [2.75, 3.05) is 0 Å². The van der Waals surface area contributed by atoms with Gasteiger partial charge in [0.25, 0.3) is 10.0 Å². The van der Waals surface area contributed by atoms with Gasteiger partial charge in [-0.05, 0) is 70.2 Å². The molecule has 3 heterocycles. The van der Waals surface area contributed by atoms with Gasteiger partial charge in [0.1, 0.15) is 12.1 Å². The number of pyridine rings is 1. The lowest BCUT2D eigenvalue weighted by Gasteiger charge is -2.20. The fourth-order valence-corrected chi connectivity index (χ4v) is 5.02. The molecule has 0 spiro atoms. The van der Waals surface area contributed by atoms with Gasteiger partial charge in [0.15, 0.2) is 5.65 Å². The SMILES string of the molecule is Cc1ccc(S(=O)(=O)n2c(-c3cccn3CC(=O)OC(C)(C)C)cc3cccnc32)cc1. The lowest BCUT2D eigenvalue weighted by molar-refractivity contribution is -0.155. The molecule has 1 aromatic carbocycles. The summed E-state index contributed by atoms with van der Waals surface area (Å²) in [5.41, 5.74) is 1.68. The molecule has 8 heteroatoms. The minimum atomic E-state index is -3.95. The van der Waals surface area contributed by atoms with E-state index in [4.69, 9.17) is 4.74 Å². The smallest absolute Gasteiger partial charge is 0.326 e. The quantitative estimate of drug-likeness (QED) is 0.420. The van der Waals surface area contributed by atoms with Crippen LogP contribution in [0.1, 0.15) is 26.3 Å². The van der Waals surface area contributed by atoms with Gasteiger partial charge in [0.05, 0.1) is 16.3 Å². The van der Waals surface area contributed by atoms with E-state index in [-0.39, 0.29) is 11.4 Å². The molecule has 0 radical (unpaired) electrons. The van der Waals surface area contributed by atoms with Crippen LogP contribution in [0.15, 0.2) is 71.9 Å². The monoisotopic (exact) mass is 451 g/mol. The lowest BCUT2D eigenvalue weighted by atomic mass is 10.2. The zero-order valence-corrected chi connectivity index (χ0v) is 19.3. The Balaban J connectivity index is 1.87. The third-order valence-corrected chi connectivity index (χ3v) is 6.61. The van der Waals surface area contributed by atoms with Gasteiger partial charge in [0.2, 0.25) is 0 Å². The number of hydrogen-bond acceptors (Lipinski definition) is 5. The Bertz CT molecular complexity index is 1390. The molecule has 0 unspecified atom stereocenters. The Morgan fingerprint density at radius 3 is 2.44 bits per heavy atom. The van der Waals surface area contributed by atoms with Gasteiger partial charge in [-0.2, -0.15) is 0 Å². The minimum Gasteiger partial charge on any atom is -0.459 e. The Labute approximate surface area is 187 Å². The van der Waals surface area contributed by atoms with E-state index in [0.717, 1.165) is 5.56 Å². The Morgan fingerprint density at radius 1 is 1.03 bits per heavy atom. The molecule has 7 nitrogen and oxygen atoms in total. The predicted octanol–water partition coefficient (Wildman–Crippen LogP) is 4.39. The first-order chi connectivity index (χ1) is 15.1. The molecular formula is C24H25N3O4S. The molecule has 0 saturated carbocycles. The molecule has 32 heavy (non-hydrogen) atoms. The van der Waals surface area contributed by atoms with Crippen LogP contribution in [0.4, 0.5) is 0 Å². The van der Waals surface area contributed by atoms with E-state index in [9.17, 15) is 13.2 Å². The predicted molar refractivity (Wildman–Crippen MR) is 123 cm³/mol. The first-order valence-corrected chi connectivity index (χ1v) is 11.7. The number of carbonyl (C=O) groups excluding carboxylic acids is 1. The second-order valence-corrected chi connectivity index (χ2v) is 10.4. The summed E-state index contributed by atoms with van der Waals surface area (Å²) in [6, 6.07) is 15.6. The molecule has 0 atom stereocenters. The Morgan fingerprint density at radius 2 is 1.75 bits per heavy atom. The van der Waals surface area contributed by atoms with Crippen LogP contribution in [0.3, 0.4) is 0 Å². The van der Waals surface area contributed by atoms with Gasteiger partial charge >= 0.3 is 5.97 Å². The highest BCUT2D eigenvalue weighted by Gasteiger charge is 2.26. The number of nitrogens with zero attached hydrogens (tertiary/aromatic N) is 3. The maximum absolute atomic E-state index is 13.7. The van der Waals surface area contributed by atoms with E-state index in [1.165, 1.54) is 3.97 Å². The summed E-state index contributed by atoms with van der Waals surface area (Å²) >= 11 is 0. The van der Waals surface area contributed by atoms with E-state index in [0.29, 0.717) is 22.4 Å². The van der Waals surface area contributed by atoms with Crippen molar-refractivity contribution in [3.63, 3.8) is 0 Å². The summed E-state index contributed by atoms with van der Waals surface area (Å²) in [6.45, 7) is 7.27. The van der Waals surface area contributed by atoms with Crippen molar-refractivity contribution >= 4 is 27.0 Å². The van der Waals surface area contributed by atoms with Crippen molar-refractivity contribution in [3.05, 3.63) is 72.6 Å². The van der Waals surface area contributed by atoms with Crippen LogP contribution in [0.5, 0.6) is 0 Å². The van der Waals surface area contributed by atoms with E-state index in [1.54, 1.807) is 86.3 Å². The maximum atomic E-state index is 13.7. The van der Waals surface area contributed by atoms with Crippen LogP contribution >= 0.6 is 0 Å². The second kappa shape index (κ2) is 7.94. The standard InChI is InChI=1S/C24H25N3O4S/c1-17-9-11-19(12-10-17)32(29,30)27-21(15-18-7-5-13-25-23(18)27)20-8-6-14-26(20)16-22(28)31-24(2,3)4/h5-15H,16H2,1-4H3. The number of fused-ring (bicyclic) bond motifs is 1. The number of benzene rings is 1. The van der Waals surface area contributed by atoms with Crippen LogP contribution in [0.2, 0.25) is 0 Å². The highest BCUT2D eigenvalue weighted by Crippen LogP contribution is 2.32. The van der Waals surface area contributed by atoms with Crippen molar-refractivity contribution in [1.82, 2.24) is 13.5 Å². The van der Waals surface area contributed by atoms with Crippen molar-refractivity contribution < 1.29 is 17.9 Å².